The molecule has 0 atom stereocenters. The summed E-state index contributed by atoms with van der Waals surface area (Å²) in [6.45, 7) is 2.02. The predicted octanol–water partition coefficient (Wildman–Crippen LogP) is 5.06. The minimum absolute atomic E-state index is 0.145. The number of anilines is 1. The molecule has 1 amide bonds. The first-order chi connectivity index (χ1) is 9.15. The van der Waals surface area contributed by atoms with Gasteiger partial charge in [-0.25, -0.2) is 0 Å². The van der Waals surface area contributed by atoms with Gasteiger partial charge >= 0.3 is 0 Å². The summed E-state index contributed by atoms with van der Waals surface area (Å²) < 4.78 is 1.00. The summed E-state index contributed by atoms with van der Waals surface area (Å²) in [5, 5.41) is 3.02. The maximum Gasteiger partial charge on any atom is 0.224 e. The van der Waals surface area contributed by atoms with Crippen LogP contribution in [0.5, 0.6) is 0 Å². The second kappa shape index (κ2) is 7.09. The molecule has 104 valence electrons. The number of aryl methyl sites for hydroxylation is 1. The van der Waals surface area contributed by atoms with Crippen LogP contribution in [0.1, 0.15) is 50.5 Å². The Hall–Kier alpha value is -0.830. The number of rotatable bonds is 4. The number of carbonyl (C=O) groups is 1. The van der Waals surface area contributed by atoms with Gasteiger partial charge in [0.05, 0.1) is 0 Å². The van der Waals surface area contributed by atoms with Crippen LogP contribution in [-0.2, 0) is 4.79 Å². The first kappa shape index (κ1) is 14.6. The van der Waals surface area contributed by atoms with Crippen LogP contribution in [0.2, 0.25) is 0 Å². The molecule has 2 nitrogen and oxygen atoms in total. The van der Waals surface area contributed by atoms with E-state index in [9.17, 15) is 4.79 Å². The second-order valence-corrected chi connectivity index (χ2v) is 6.47. The topological polar surface area (TPSA) is 29.1 Å². The average molecular weight is 324 g/mol. The van der Waals surface area contributed by atoms with E-state index >= 15 is 0 Å². The highest BCUT2D eigenvalue weighted by molar-refractivity contribution is 9.10. The van der Waals surface area contributed by atoms with Crippen molar-refractivity contribution in [3.8, 4) is 0 Å². The Morgan fingerprint density at radius 3 is 2.79 bits per heavy atom. The molecule has 0 unspecified atom stereocenters. The lowest BCUT2D eigenvalue weighted by Gasteiger charge is -2.21. The van der Waals surface area contributed by atoms with Crippen LogP contribution in [0.4, 0.5) is 5.69 Å². The summed E-state index contributed by atoms with van der Waals surface area (Å²) in [6.07, 6.45) is 8.37. The molecule has 0 bridgehead atoms. The maximum atomic E-state index is 12.0. The van der Waals surface area contributed by atoms with Crippen molar-refractivity contribution in [2.24, 2.45) is 5.92 Å². The van der Waals surface area contributed by atoms with Crippen LogP contribution in [0.25, 0.3) is 0 Å². The van der Waals surface area contributed by atoms with Crippen molar-refractivity contribution in [2.75, 3.05) is 5.32 Å². The fourth-order valence-electron chi connectivity index (χ4n) is 2.75. The quantitative estimate of drug-likeness (QED) is 0.824. The van der Waals surface area contributed by atoms with E-state index in [4.69, 9.17) is 0 Å². The Morgan fingerprint density at radius 1 is 1.32 bits per heavy atom. The van der Waals surface area contributed by atoms with E-state index in [1.54, 1.807) is 0 Å². The van der Waals surface area contributed by atoms with Gasteiger partial charge < -0.3 is 5.32 Å². The molecule has 0 spiro atoms. The molecule has 1 aromatic carbocycles. The molecule has 0 saturated heterocycles. The molecule has 2 rings (SSSR count). The van der Waals surface area contributed by atoms with Crippen LogP contribution < -0.4 is 5.32 Å². The summed E-state index contributed by atoms with van der Waals surface area (Å²) in [6, 6.07) is 5.97. The summed E-state index contributed by atoms with van der Waals surface area (Å²) in [5.74, 6) is 0.912. The highest BCUT2D eigenvalue weighted by atomic mass is 79.9. The van der Waals surface area contributed by atoms with Crippen LogP contribution in [0, 0.1) is 12.8 Å². The van der Waals surface area contributed by atoms with Crippen molar-refractivity contribution >= 4 is 27.5 Å². The lowest BCUT2D eigenvalue weighted by Crippen LogP contribution is -2.15. The van der Waals surface area contributed by atoms with Crippen molar-refractivity contribution in [3.05, 3.63) is 28.2 Å². The van der Waals surface area contributed by atoms with Gasteiger partial charge in [-0.2, -0.15) is 0 Å². The molecular formula is C16H22BrNO. The highest BCUT2D eigenvalue weighted by Crippen LogP contribution is 2.27. The van der Waals surface area contributed by atoms with Crippen molar-refractivity contribution in [2.45, 2.75) is 51.9 Å². The van der Waals surface area contributed by atoms with Crippen molar-refractivity contribution in [3.63, 3.8) is 0 Å². The number of carbonyl (C=O) groups excluding carboxylic acids is 1. The number of nitrogens with one attached hydrogen (secondary N) is 1. The summed E-state index contributed by atoms with van der Waals surface area (Å²) in [7, 11) is 0. The zero-order chi connectivity index (χ0) is 13.7. The number of hydrogen-bond acceptors (Lipinski definition) is 1. The minimum Gasteiger partial charge on any atom is -0.326 e. The molecular weight excluding hydrogens is 302 g/mol. The maximum absolute atomic E-state index is 12.0. The van der Waals surface area contributed by atoms with Crippen molar-refractivity contribution in [1.82, 2.24) is 0 Å². The molecule has 1 aliphatic carbocycles. The Labute approximate surface area is 124 Å². The van der Waals surface area contributed by atoms with Crippen LogP contribution >= 0.6 is 15.9 Å². The third-order valence-electron chi connectivity index (χ3n) is 3.98. The number of benzene rings is 1. The third-order valence-corrected chi connectivity index (χ3v) is 4.47. The standard InChI is InChI=1S/C16H22BrNO/c1-12-7-9-14(17)11-15(12)18-16(19)10-8-13-5-3-2-4-6-13/h7,9,11,13H,2-6,8,10H2,1H3,(H,18,19). The normalized spacial score (nSPS) is 16.3. The van der Waals surface area contributed by atoms with E-state index in [0.29, 0.717) is 6.42 Å². The third kappa shape index (κ3) is 4.64. The average Bonchev–Trinajstić information content (AvgIpc) is 2.42. The van der Waals surface area contributed by atoms with Gasteiger partial charge in [-0.05, 0) is 37.0 Å². The number of halogens is 1. The Kier molecular flexibility index (Phi) is 5.44. The zero-order valence-corrected chi connectivity index (χ0v) is 13.1. The molecule has 0 aliphatic heterocycles. The van der Waals surface area contributed by atoms with Gasteiger partial charge in [0.2, 0.25) is 5.91 Å². The summed E-state index contributed by atoms with van der Waals surface area (Å²) >= 11 is 3.44. The highest BCUT2D eigenvalue weighted by Gasteiger charge is 2.15. The molecule has 0 aromatic heterocycles. The fourth-order valence-corrected chi connectivity index (χ4v) is 3.11. The van der Waals surface area contributed by atoms with Gasteiger partial charge in [0.1, 0.15) is 0 Å². The second-order valence-electron chi connectivity index (χ2n) is 5.55. The van der Waals surface area contributed by atoms with E-state index in [0.717, 1.165) is 28.1 Å². The van der Waals surface area contributed by atoms with E-state index in [1.807, 2.05) is 25.1 Å². The summed E-state index contributed by atoms with van der Waals surface area (Å²) in [5.41, 5.74) is 2.03. The smallest absolute Gasteiger partial charge is 0.224 e. The van der Waals surface area contributed by atoms with E-state index < -0.39 is 0 Å². The lowest BCUT2D eigenvalue weighted by molar-refractivity contribution is -0.116. The molecule has 1 fully saturated rings. The van der Waals surface area contributed by atoms with E-state index in [1.165, 1.54) is 32.1 Å². The van der Waals surface area contributed by atoms with E-state index in [2.05, 4.69) is 21.2 Å². The molecule has 1 N–H and O–H groups in total. The van der Waals surface area contributed by atoms with Crippen LogP contribution in [0.15, 0.2) is 22.7 Å². The predicted molar refractivity (Wildman–Crippen MR) is 83.3 cm³/mol. The van der Waals surface area contributed by atoms with Gasteiger partial charge in [-0.1, -0.05) is 54.1 Å². The molecule has 0 radical (unpaired) electrons. The van der Waals surface area contributed by atoms with Crippen molar-refractivity contribution < 1.29 is 4.79 Å². The van der Waals surface area contributed by atoms with Gasteiger partial charge in [-0.3, -0.25) is 4.79 Å². The molecule has 3 heteroatoms. The molecule has 0 heterocycles. The largest absolute Gasteiger partial charge is 0.326 e. The first-order valence-electron chi connectivity index (χ1n) is 7.21. The lowest BCUT2D eigenvalue weighted by atomic mass is 9.86. The summed E-state index contributed by atoms with van der Waals surface area (Å²) in [4.78, 5) is 12.0. The minimum atomic E-state index is 0.145. The molecule has 1 aliphatic rings. The molecule has 19 heavy (non-hydrogen) atoms. The Bertz CT molecular complexity index is 438. The van der Waals surface area contributed by atoms with Gasteiger partial charge in [0.25, 0.3) is 0 Å². The van der Waals surface area contributed by atoms with Crippen LogP contribution in [-0.4, -0.2) is 5.91 Å². The fraction of sp³-hybridized carbons (Fsp3) is 0.562. The van der Waals surface area contributed by atoms with Gasteiger partial charge in [0.15, 0.2) is 0 Å². The van der Waals surface area contributed by atoms with E-state index in [-0.39, 0.29) is 5.91 Å². The van der Waals surface area contributed by atoms with Crippen molar-refractivity contribution in [1.29, 1.82) is 0 Å². The SMILES string of the molecule is Cc1ccc(Br)cc1NC(=O)CCC1CCCCC1. The Balaban J connectivity index is 1.81. The van der Waals surface area contributed by atoms with Gasteiger partial charge in [-0.15, -0.1) is 0 Å². The van der Waals surface area contributed by atoms with Gasteiger partial charge in [0, 0.05) is 16.6 Å². The monoisotopic (exact) mass is 323 g/mol. The number of amides is 1. The first-order valence-corrected chi connectivity index (χ1v) is 8.00. The molecule has 1 saturated carbocycles. The number of hydrogen-bond donors (Lipinski definition) is 1. The zero-order valence-electron chi connectivity index (χ0n) is 11.5. The molecule has 1 aromatic rings. The Morgan fingerprint density at radius 2 is 2.05 bits per heavy atom. The van der Waals surface area contributed by atoms with Crippen LogP contribution in [0.3, 0.4) is 0 Å².